The minimum absolute atomic E-state index is 0.0604. The van der Waals surface area contributed by atoms with Crippen molar-refractivity contribution in [2.45, 2.75) is 0 Å². The van der Waals surface area contributed by atoms with Gasteiger partial charge in [0.15, 0.2) is 0 Å². The van der Waals surface area contributed by atoms with Crippen LogP contribution in [0, 0.1) is 0 Å². The Morgan fingerprint density at radius 1 is 1.28 bits per heavy atom. The molecular weight excluding hydrogens is 341 g/mol. The van der Waals surface area contributed by atoms with Gasteiger partial charge in [0.1, 0.15) is 10.3 Å². The van der Waals surface area contributed by atoms with Gasteiger partial charge in [-0.3, -0.25) is 9.78 Å². The summed E-state index contributed by atoms with van der Waals surface area (Å²) < 4.78 is 0.677. The number of carbonyl (C=O) groups is 1. The van der Waals surface area contributed by atoms with E-state index in [0.717, 1.165) is 0 Å². The van der Waals surface area contributed by atoms with Crippen LogP contribution in [0.25, 0.3) is 0 Å². The van der Waals surface area contributed by atoms with Gasteiger partial charge in [-0.15, -0.1) is 0 Å². The van der Waals surface area contributed by atoms with E-state index in [4.69, 9.17) is 23.2 Å². The second-order valence-corrected chi connectivity index (χ2v) is 4.88. The molecule has 0 radical (unpaired) electrons. The van der Waals surface area contributed by atoms with E-state index in [1.165, 1.54) is 12.1 Å². The molecule has 2 aromatic rings. The molecule has 1 N–H and O–H groups in total. The maximum absolute atomic E-state index is 12.0. The molecule has 4 nitrogen and oxygen atoms in total. The summed E-state index contributed by atoms with van der Waals surface area (Å²) in [5.41, 5.74) is 0.853. The minimum Gasteiger partial charge on any atom is -0.321 e. The maximum atomic E-state index is 12.0. The first kappa shape index (κ1) is 13.3. The molecule has 0 atom stereocenters. The summed E-state index contributed by atoms with van der Waals surface area (Å²) in [7, 11) is 0. The molecule has 2 rings (SSSR count). The van der Waals surface area contributed by atoms with Crippen LogP contribution in [0.3, 0.4) is 0 Å². The lowest BCUT2D eigenvalue weighted by Gasteiger charge is -2.07. The molecule has 7 heteroatoms. The van der Waals surface area contributed by atoms with E-state index in [-0.39, 0.29) is 21.8 Å². The monoisotopic (exact) mass is 345 g/mol. The fourth-order valence-electron chi connectivity index (χ4n) is 1.25. The third kappa shape index (κ3) is 2.98. The molecule has 0 aliphatic carbocycles. The van der Waals surface area contributed by atoms with Crippen molar-refractivity contribution in [3.8, 4) is 0 Å². The van der Waals surface area contributed by atoms with Gasteiger partial charge in [0.25, 0.3) is 5.91 Å². The molecular formula is C11H6BrCl2N3O. The Morgan fingerprint density at radius 3 is 2.72 bits per heavy atom. The maximum Gasteiger partial charge on any atom is 0.258 e. The van der Waals surface area contributed by atoms with Crippen LogP contribution in [-0.2, 0) is 0 Å². The first-order valence-corrected chi connectivity index (χ1v) is 6.35. The van der Waals surface area contributed by atoms with Crippen molar-refractivity contribution >= 4 is 50.7 Å². The number of amides is 1. The average Bonchev–Trinajstić information content (AvgIpc) is 2.32. The molecule has 2 aromatic heterocycles. The number of aromatic nitrogens is 2. The van der Waals surface area contributed by atoms with Gasteiger partial charge >= 0.3 is 0 Å². The SMILES string of the molecule is O=C(Nc1ccncc1Br)c1ccc(Cl)nc1Cl. The zero-order valence-corrected chi connectivity index (χ0v) is 11.9. The van der Waals surface area contributed by atoms with Crippen molar-refractivity contribution in [2.24, 2.45) is 0 Å². The Balaban J connectivity index is 2.25. The molecule has 0 aromatic carbocycles. The molecule has 0 fully saturated rings. The topological polar surface area (TPSA) is 54.9 Å². The number of hydrogen-bond acceptors (Lipinski definition) is 3. The van der Waals surface area contributed by atoms with Crippen molar-refractivity contribution in [3.05, 3.63) is 50.9 Å². The Morgan fingerprint density at radius 2 is 2.06 bits per heavy atom. The van der Waals surface area contributed by atoms with Crippen LogP contribution in [0.5, 0.6) is 0 Å². The molecule has 92 valence electrons. The van der Waals surface area contributed by atoms with Gasteiger partial charge in [0.05, 0.1) is 15.7 Å². The van der Waals surface area contributed by atoms with Crippen LogP contribution in [0.2, 0.25) is 10.3 Å². The highest BCUT2D eigenvalue weighted by molar-refractivity contribution is 9.10. The number of hydrogen-bond donors (Lipinski definition) is 1. The number of carbonyl (C=O) groups excluding carboxylic acids is 1. The highest BCUT2D eigenvalue weighted by Crippen LogP contribution is 2.22. The number of nitrogens with one attached hydrogen (secondary N) is 1. The summed E-state index contributed by atoms with van der Waals surface area (Å²) in [5, 5.41) is 2.99. The van der Waals surface area contributed by atoms with E-state index < -0.39 is 0 Å². The van der Waals surface area contributed by atoms with E-state index >= 15 is 0 Å². The number of rotatable bonds is 2. The summed E-state index contributed by atoms with van der Waals surface area (Å²) in [6.45, 7) is 0. The van der Waals surface area contributed by atoms with Crippen molar-refractivity contribution in [1.82, 2.24) is 9.97 Å². The second kappa shape index (κ2) is 5.65. The molecule has 18 heavy (non-hydrogen) atoms. The number of halogens is 3. The number of pyridine rings is 2. The van der Waals surface area contributed by atoms with E-state index in [2.05, 4.69) is 31.2 Å². The van der Waals surface area contributed by atoms with Crippen LogP contribution in [0.1, 0.15) is 10.4 Å². The smallest absolute Gasteiger partial charge is 0.258 e. The van der Waals surface area contributed by atoms with E-state index in [1.807, 2.05) is 0 Å². The Kier molecular flexibility index (Phi) is 4.16. The standard InChI is InChI=1S/C11H6BrCl2N3O/c12-7-5-15-4-3-8(7)16-11(18)6-1-2-9(13)17-10(6)14/h1-5H,(H,15,16,18). The van der Waals surface area contributed by atoms with Gasteiger partial charge in [-0.25, -0.2) is 4.98 Å². The summed E-state index contributed by atoms with van der Waals surface area (Å²) >= 11 is 14.8. The number of anilines is 1. The molecule has 0 aliphatic rings. The molecule has 0 aliphatic heterocycles. The molecule has 0 saturated heterocycles. The first-order chi connectivity index (χ1) is 8.58. The fourth-order valence-corrected chi connectivity index (χ4v) is 2.03. The van der Waals surface area contributed by atoms with Gasteiger partial charge < -0.3 is 5.32 Å². The summed E-state index contributed by atoms with van der Waals surface area (Å²) in [5.74, 6) is -0.365. The van der Waals surface area contributed by atoms with Gasteiger partial charge in [-0.1, -0.05) is 23.2 Å². The third-order valence-electron chi connectivity index (χ3n) is 2.08. The fraction of sp³-hybridized carbons (Fsp3) is 0. The van der Waals surface area contributed by atoms with Crippen LogP contribution in [0.4, 0.5) is 5.69 Å². The van der Waals surface area contributed by atoms with E-state index in [0.29, 0.717) is 10.2 Å². The highest BCUT2D eigenvalue weighted by Gasteiger charge is 2.13. The zero-order valence-electron chi connectivity index (χ0n) is 8.82. The Labute approximate surface area is 121 Å². The lowest BCUT2D eigenvalue weighted by atomic mass is 10.2. The van der Waals surface area contributed by atoms with Crippen molar-refractivity contribution < 1.29 is 4.79 Å². The second-order valence-electron chi connectivity index (χ2n) is 3.28. The van der Waals surface area contributed by atoms with Crippen LogP contribution in [-0.4, -0.2) is 15.9 Å². The van der Waals surface area contributed by atoms with Crippen molar-refractivity contribution in [1.29, 1.82) is 0 Å². The van der Waals surface area contributed by atoms with E-state index in [1.54, 1.807) is 18.5 Å². The summed E-state index contributed by atoms with van der Waals surface area (Å²) in [6, 6.07) is 4.69. The van der Waals surface area contributed by atoms with Gasteiger partial charge in [0, 0.05) is 12.4 Å². The van der Waals surface area contributed by atoms with Crippen molar-refractivity contribution in [3.63, 3.8) is 0 Å². The number of nitrogens with zero attached hydrogens (tertiary/aromatic N) is 2. The van der Waals surface area contributed by atoms with Gasteiger partial charge in [-0.2, -0.15) is 0 Å². The van der Waals surface area contributed by atoms with Crippen LogP contribution >= 0.6 is 39.1 Å². The Hall–Kier alpha value is -1.17. The quantitative estimate of drug-likeness (QED) is 0.841. The van der Waals surface area contributed by atoms with Crippen LogP contribution in [0.15, 0.2) is 35.1 Å². The van der Waals surface area contributed by atoms with Gasteiger partial charge in [0.2, 0.25) is 0 Å². The summed E-state index contributed by atoms with van der Waals surface area (Å²) in [6.07, 6.45) is 3.15. The average molecular weight is 347 g/mol. The predicted molar refractivity (Wildman–Crippen MR) is 74.1 cm³/mol. The van der Waals surface area contributed by atoms with Crippen LogP contribution < -0.4 is 5.32 Å². The molecule has 0 saturated carbocycles. The molecule has 0 unspecified atom stereocenters. The third-order valence-corrected chi connectivity index (χ3v) is 3.21. The van der Waals surface area contributed by atoms with Gasteiger partial charge in [-0.05, 0) is 34.1 Å². The summed E-state index contributed by atoms with van der Waals surface area (Å²) in [4.78, 5) is 19.7. The molecule has 0 spiro atoms. The molecule has 2 heterocycles. The lowest BCUT2D eigenvalue weighted by molar-refractivity contribution is 0.102. The zero-order chi connectivity index (χ0) is 13.1. The largest absolute Gasteiger partial charge is 0.321 e. The normalized spacial score (nSPS) is 10.2. The molecule has 1 amide bonds. The van der Waals surface area contributed by atoms with Crippen molar-refractivity contribution in [2.75, 3.05) is 5.32 Å². The molecule has 0 bridgehead atoms. The minimum atomic E-state index is -0.365. The predicted octanol–water partition coefficient (Wildman–Crippen LogP) is 3.80. The first-order valence-electron chi connectivity index (χ1n) is 4.81. The lowest BCUT2D eigenvalue weighted by Crippen LogP contribution is -2.13. The highest BCUT2D eigenvalue weighted by atomic mass is 79.9. The van der Waals surface area contributed by atoms with E-state index in [9.17, 15) is 4.79 Å². The Bertz CT molecular complexity index is 607.